The summed E-state index contributed by atoms with van der Waals surface area (Å²) in [5.74, 6) is 0.290. The summed E-state index contributed by atoms with van der Waals surface area (Å²) in [7, 11) is 1.63. The topological polar surface area (TPSA) is 77.2 Å². The average molecular weight is 391 g/mol. The maximum Gasteiger partial charge on any atom is 0.335 e. The molecule has 4 rings (SSSR count). The third-order valence-corrected chi connectivity index (χ3v) is 5.26. The second-order valence-corrected chi connectivity index (χ2v) is 6.96. The molecule has 0 saturated heterocycles. The van der Waals surface area contributed by atoms with Crippen LogP contribution >= 0.6 is 11.8 Å². The number of hydrogen-bond donors (Lipinski definition) is 1. The summed E-state index contributed by atoms with van der Waals surface area (Å²) >= 11 is 1.59. The summed E-state index contributed by atoms with van der Waals surface area (Å²) in [6, 6.07) is 12.8. The fraction of sp³-hybridized carbons (Fsp3) is 0.0952. The maximum absolute atomic E-state index is 11.4. The first kappa shape index (κ1) is 18.1. The number of carbonyl (C=O) groups is 1. The summed E-state index contributed by atoms with van der Waals surface area (Å²) in [4.78, 5) is 21.4. The van der Waals surface area contributed by atoms with Crippen molar-refractivity contribution in [1.82, 2.24) is 14.5 Å². The van der Waals surface area contributed by atoms with Crippen molar-refractivity contribution in [3.05, 3.63) is 66.6 Å². The first-order chi connectivity index (χ1) is 13.6. The monoisotopic (exact) mass is 391 g/mol. The van der Waals surface area contributed by atoms with Gasteiger partial charge in [0.15, 0.2) is 0 Å². The lowest BCUT2D eigenvalue weighted by Crippen LogP contribution is -2.01. The Morgan fingerprint density at radius 2 is 1.89 bits per heavy atom. The van der Waals surface area contributed by atoms with Crippen molar-refractivity contribution >= 4 is 28.6 Å². The molecule has 0 saturated carbocycles. The van der Waals surface area contributed by atoms with Crippen molar-refractivity contribution in [2.24, 2.45) is 0 Å². The molecule has 140 valence electrons. The van der Waals surface area contributed by atoms with Gasteiger partial charge in [0.1, 0.15) is 5.75 Å². The molecule has 0 aliphatic rings. The molecule has 4 aromatic rings. The molecule has 2 heterocycles. The highest BCUT2D eigenvalue weighted by atomic mass is 32.2. The number of ether oxygens (including phenoxy) is 1. The van der Waals surface area contributed by atoms with Crippen LogP contribution in [0.3, 0.4) is 0 Å². The average Bonchev–Trinajstić information content (AvgIpc) is 3.12. The van der Waals surface area contributed by atoms with Crippen LogP contribution < -0.4 is 4.74 Å². The first-order valence-corrected chi connectivity index (χ1v) is 9.72. The number of thioether (sulfide) groups is 1. The van der Waals surface area contributed by atoms with Gasteiger partial charge in [-0.15, -0.1) is 11.8 Å². The number of aromatic carboxylic acids is 1. The van der Waals surface area contributed by atoms with Crippen LogP contribution in [0.4, 0.5) is 0 Å². The van der Waals surface area contributed by atoms with Crippen molar-refractivity contribution in [3.63, 3.8) is 0 Å². The van der Waals surface area contributed by atoms with Crippen LogP contribution in [0.5, 0.6) is 5.75 Å². The van der Waals surface area contributed by atoms with E-state index in [2.05, 4.69) is 9.97 Å². The standard InChI is InChI=1S/C21H17N3O3S/c1-27-16-5-3-4-13(8-16)15-10-22-21(23-11-15)24-12-19(28-2)17-7-6-14(20(25)26)9-18(17)24/h3-12H,1-2H3,(H,25,26). The van der Waals surface area contributed by atoms with Gasteiger partial charge in [-0.1, -0.05) is 18.2 Å². The molecular weight excluding hydrogens is 374 g/mol. The molecule has 1 N–H and O–H groups in total. The van der Waals surface area contributed by atoms with Crippen LogP contribution in [-0.4, -0.2) is 39.0 Å². The third-order valence-electron chi connectivity index (χ3n) is 4.49. The van der Waals surface area contributed by atoms with Crippen molar-refractivity contribution < 1.29 is 14.6 Å². The Morgan fingerprint density at radius 3 is 2.57 bits per heavy atom. The molecule has 0 amide bonds. The Kier molecular flexibility index (Phi) is 4.75. The minimum absolute atomic E-state index is 0.229. The highest BCUT2D eigenvalue weighted by Crippen LogP contribution is 2.31. The van der Waals surface area contributed by atoms with E-state index in [1.54, 1.807) is 43.4 Å². The van der Waals surface area contributed by atoms with Gasteiger partial charge < -0.3 is 9.84 Å². The van der Waals surface area contributed by atoms with Crippen LogP contribution in [0.15, 0.2) is 66.0 Å². The Balaban J connectivity index is 1.79. The minimum Gasteiger partial charge on any atom is -0.497 e. The van der Waals surface area contributed by atoms with Gasteiger partial charge in [-0.05, 0) is 36.1 Å². The van der Waals surface area contributed by atoms with E-state index < -0.39 is 5.97 Å². The SMILES string of the molecule is COc1cccc(-c2cnc(-n3cc(SC)c4ccc(C(=O)O)cc43)nc2)c1. The smallest absolute Gasteiger partial charge is 0.335 e. The second kappa shape index (κ2) is 7.36. The number of rotatable bonds is 5. The number of nitrogens with zero attached hydrogens (tertiary/aromatic N) is 3. The normalized spacial score (nSPS) is 10.9. The summed E-state index contributed by atoms with van der Waals surface area (Å²) in [5, 5.41) is 10.3. The molecule has 0 unspecified atom stereocenters. The molecule has 0 spiro atoms. The summed E-state index contributed by atoms with van der Waals surface area (Å²) in [6.07, 6.45) is 7.42. The van der Waals surface area contributed by atoms with E-state index in [-0.39, 0.29) is 5.56 Å². The van der Waals surface area contributed by atoms with E-state index in [1.807, 2.05) is 47.4 Å². The lowest BCUT2D eigenvalue weighted by atomic mass is 10.1. The van der Waals surface area contributed by atoms with Gasteiger partial charge in [0, 0.05) is 34.4 Å². The number of carboxylic acids is 1. The molecule has 6 nitrogen and oxygen atoms in total. The van der Waals surface area contributed by atoms with Gasteiger partial charge in [0.2, 0.25) is 5.95 Å². The zero-order valence-corrected chi connectivity index (χ0v) is 16.1. The van der Waals surface area contributed by atoms with Crippen molar-refractivity contribution in [2.45, 2.75) is 4.90 Å². The van der Waals surface area contributed by atoms with E-state index in [0.29, 0.717) is 5.95 Å². The van der Waals surface area contributed by atoms with Crippen LogP contribution in [0.1, 0.15) is 10.4 Å². The Bertz CT molecular complexity index is 1170. The van der Waals surface area contributed by atoms with E-state index >= 15 is 0 Å². The number of benzene rings is 2. The maximum atomic E-state index is 11.4. The molecule has 0 aliphatic carbocycles. The van der Waals surface area contributed by atoms with Crippen molar-refractivity contribution in [3.8, 4) is 22.8 Å². The number of hydrogen-bond acceptors (Lipinski definition) is 5. The third kappa shape index (κ3) is 3.20. The number of carboxylic acid groups (broad SMARTS) is 1. The fourth-order valence-electron chi connectivity index (χ4n) is 3.05. The molecule has 0 bridgehead atoms. The van der Waals surface area contributed by atoms with Gasteiger partial charge in [0.25, 0.3) is 0 Å². The lowest BCUT2D eigenvalue weighted by Gasteiger charge is -2.07. The molecule has 7 heteroatoms. The van der Waals surface area contributed by atoms with Gasteiger partial charge >= 0.3 is 5.97 Å². The van der Waals surface area contributed by atoms with Crippen LogP contribution in [0.25, 0.3) is 28.0 Å². The highest BCUT2D eigenvalue weighted by molar-refractivity contribution is 7.98. The highest BCUT2D eigenvalue weighted by Gasteiger charge is 2.14. The van der Waals surface area contributed by atoms with E-state index in [4.69, 9.17) is 4.74 Å². The van der Waals surface area contributed by atoms with Gasteiger partial charge in [-0.2, -0.15) is 0 Å². The van der Waals surface area contributed by atoms with Gasteiger partial charge in [0.05, 0.1) is 18.2 Å². The largest absolute Gasteiger partial charge is 0.497 e. The quantitative estimate of drug-likeness (QED) is 0.504. The lowest BCUT2D eigenvalue weighted by molar-refractivity contribution is 0.0697. The predicted octanol–water partition coefficient (Wildman–Crippen LogP) is 4.52. The zero-order chi connectivity index (χ0) is 19.7. The molecular formula is C21H17N3O3S. The number of methoxy groups -OCH3 is 1. The predicted molar refractivity (Wildman–Crippen MR) is 110 cm³/mol. The first-order valence-electron chi connectivity index (χ1n) is 8.50. The number of aromatic nitrogens is 3. The van der Waals surface area contributed by atoms with Crippen LogP contribution in [-0.2, 0) is 0 Å². The van der Waals surface area contributed by atoms with Gasteiger partial charge in [-0.3, -0.25) is 4.57 Å². The molecule has 2 aromatic heterocycles. The summed E-state index contributed by atoms with van der Waals surface area (Å²) in [5.41, 5.74) is 2.82. The minimum atomic E-state index is -0.963. The van der Waals surface area contributed by atoms with E-state index in [0.717, 1.165) is 32.7 Å². The molecule has 0 fully saturated rings. The fourth-order valence-corrected chi connectivity index (χ4v) is 3.66. The molecule has 0 atom stereocenters. The van der Waals surface area contributed by atoms with Crippen LogP contribution in [0, 0.1) is 0 Å². The van der Waals surface area contributed by atoms with E-state index in [9.17, 15) is 9.90 Å². The molecule has 0 aliphatic heterocycles. The van der Waals surface area contributed by atoms with Crippen molar-refractivity contribution in [1.29, 1.82) is 0 Å². The van der Waals surface area contributed by atoms with Gasteiger partial charge in [-0.25, -0.2) is 14.8 Å². The zero-order valence-electron chi connectivity index (χ0n) is 15.3. The van der Waals surface area contributed by atoms with E-state index in [1.165, 1.54) is 0 Å². The Hall–Kier alpha value is -3.32. The Morgan fingerprint density at radius 1 is 1.11 bits per heavy atom. The Labute approximate surface area is 165 Å². The van der Waals surface area contributed by atoms with Crippen LogP contribution in [0.2, 0.25) is 0 Å². The summed E-state index contributed by atoms with van der Waals surface area (Å²) in [6.45, 7) is 0. The second-order valence-electron chi connectivity index (χ2n) is 6.11. The molecule has 0 radical (unpaired) electrons. The van der Waals surface area contributed by atoms with Crippen molar-refractivity contribution in [2.75, 3.05) is 13.4 Å². The molecule has 28 heavy (non-hydrogen) atoms. The number of fused-ring (bicyclic) bond motifs is 1. The summed E-state index contributed by atoms with van der Waals surface area (Å²) < 4.78 is 7.09. The molecule has 2 aromatic carbocycles.